The molecule has 0 radical (unpaired) electrons. The molecule has 0 unspecified atom stereocenters. The second-order valence-corrected chi connectivity index (χ2v) is 5.31. The average molecular weight is 293 g/mol. The largest absolute Gasteiger partial charge is 0.494 e. The monoisotopic (exact) mass is 292 g/mol. The van der Waals surface area contributed by atoms with Crippen LogP contribution in [0.5, 0.6) is 5.75 Å². The lowest BCUT2D eigenvalue weighted by atomic mass is 10.1. The van der Waals surface area contributed by atoms with Crippen molar-refractivity contribution in [3.63, 3.8) is 0 Å². The van der Waals surface area contributed by atoms with Gasteiger partial charge in [0, 0.05) is 0 Å². The molecule has 0 atom stereocenters. The number of rotatable bonds is 5. The quantitative estimate of drug-likeness (QED) is 0.792. The van der Waals surface area contributed by atoms with Crippen LogP contribution in [0.15, 0.2) is 24.3 Å². The number of ether oxygens (including phenoxy) is 1. The molecule has 0 saturated carbocycles. The zero-order chi connectivity index (χ0) is 14.7. The lowest BCUT2D eigenvalue weighted by Gasteiger charge is -2.08. The maximum atomic E-state index is 11.3. The second kappa shape index (κ2) is 6.09. The van der Waals surface area contributed by atoms with E-state index < -0.39 is 0 Å². The van der Waals surface area contributed by atoms with Gasteiger partial charge in [-0.15, -0.1) is 0 Å². The van der Waals surface area contributed by atoms with Crippen molar-refractivity contribution in [1.82, 2.24) is 9.78 Å². The number of hydrogen-bond acceptors (Lipinski definition) is 3. The lowest BCUT2D eigenvalue weighted by Crippen LogP contribution is -2.01. The van der Waals surface area contributed by atoms with E-state index in [2.05, 4.69) is 18.9 Å². The van der Waals surface area contributed by atoms with E-state index in [0.29, 0.717) is 34.5 Å². The van der Waals surface area contributed by atoms with Crippen LogP contribution in [-0.4, -0.2) is 23.2 Å². The minimum Gasteiger partial charge on any atom is -0.494 e. The first-order chi connectivity index (χ1) is 9.58. The number of aromatic nitrogens is 2. The summed E-state index contributed by atoms with van der Waals surface area (Å²) in [5.74, 6) is 1.05. The summed E-state index contributed by atoms with van der Waals surface area (Å²) in [6.45, 7) is 4.15. The molecular formula is C15H17ClN2O2. The second-order valence-electron chi connectivity index (χ2n) is 4.95. The van der Waals surface area contributed by atoms with E-state index in [-0.39, 0.29) is 0 Å². The Morgan fingerprint density at radius 2 is 2.10 bits per heavy atom. The third kappa shape index (κ3) is 2.70. The van der Waals surface area contributed by atoms with Crippen molar-refractivity contribution < 1.29 is 9.53 Å². The smallest absolute Gasteiger partial charge is 0.155 e. The molecule has 0 aliphatic rings. The van der Waals surface area contributed by atoms with Gasteiger partial charge in [-0.05, 0) is 24.5 Å². The summed E-state index contributed by atoms with van der Waals surface area (Å²) in [6, 6.07) is 7.43. The summed E-state index contributed by atoms with van der Waals surface area (Å²) < 4.78 is 6.87. The number of aldehydes is 1. The van der Waals surface area contributed by atoms with E-state index >= 15 is 0 Å². The van der Waals surface area contributed by atoms with E-state index in [1.807, 2.05) is 24.3 Å². The van der Waals surface area contributed by atoms with Crippen LogP contribution in [0.2, 0.25) is 5.15 Å². The van der Waals surface area contributed by atoms with Crippen LogP contribution in [0, 0.1) is 5.92 Å². The molecule has 0 fully saturated rings. The van der Waals surface area contributed by atoms with Gasteiger partial charge in [-0.1, -0.05) is 37.6 Å². The molecule has 2 rings (SSSR count). The fraction of sp³-hybridized carbons (Fsp3) is 0.333. The number of carbonyl (C=O) groups is 1. The highest BCUT2D eigenvalue weighted by atomic mass is 35.5. The number of methoxy groups -OCH3 is 1. The van der Waals surface area contributed by atoms with E-state index in [0.717, 1.165) is 12.0 Å². The predicted molar refractivity (Wildman–Crippen MR) is 79.1 cm³/mol. The Balaban J connectivity index is 2.57. The predicted octanol–water partition coefficient (Wildman–Crippen LogP) is 3.55. The number of para-hydroxylation sites is 2. The summed E-state index contributed by atoms with van der Waals surface area (Å²) in [5, 5.41) is 4.79. The Morgan fingerprint density at radius 3 is 2.70 bits per heavy atom. The molecule has 20 heavy (non-hydrogen) atoms. The van der Waals surface area contributed by atoms with Gasteiger partial charge in [0.15, 0.2) is 6.29 Å². The molecule has 0 N–H and O–H groups in total. The maximum absolute atomic E-state index is 11.3. The summed E-state index contributed by atoms with van der Waals surface area (Å²) >= 11 is 6.29. The van der Waals surface area contributed by atoms with Gasteiger partial charge < -0.3 is 4.74 Å². The normalized spacial score (nSPS) is 10.8. The number of carbonyl (C=O) groups excluding carboxylic acids is 1. The van der Waals surface area contributed by atoms with Crippen LogP contribution in [0.1, 0.15) is 29.9 Å². The van der Waals surface area contributed by atoms with E-state index in [9.17, 15) is 4.79 Å². The van der Waals surface area contributed by atoms with Gasteiger partial charge in [-0.2, -0.15) is 5.10 Å². The van der Waals surface area contributed by atoms with Crippen molar-refractivity contribution in [3.8, 4) is 11.4 Å². The topological polar surface area (TPSA) is 44.1 Å². The zero-order valence-corrected chi connectivity index (χ0v) is 12.5. The van der Waals surface area contributed by atoms with Crippen molar-refractivity contribution in [3.05, 3.63) is 40.7 Å². The van der Waals surface area contributed by atoms with E-state index in [1.54, 1.807) is 11.8 Å². The zero-order valence-electron chi connectivity index (χ0n) is 11.8. The molecule has 5 heteroatoms. The Morgan fingerprint density at radius 1 is 1.40 bits per heavy atom. The van der Waals surface area contributed by atoms with Gasteiger partial charge in [-0.25, -0.2) is 4.68 Å². The first-order valence-corrected chi connectivity index (χ1v) is 6.82. The third-order valence-corrected chi connectivity index (χ3v) is 3.34. The van der Waals surface area contributed by atoms with Crippen LogP contribution >= 0.6 is 11.6 Å². The van der Waals surface area contributed by atoms with Crippen molar-refractivity contribution >= 4 is 17.9 Å². The van der Waals surface area contributed by atoms with Gasteiger partial charge >= 0.3 is 0 Å². The van der Waals surface area contributed by atoms with Crippen LogP contribution in [0.25, 0.3) is 5.69 Å². The third-order valence-electron chi connectivity index (χ3n) is 2.97. The molecule has 4 nitrogen and oxygen atoms in total. The van der Waals surface area contributed by atoms with Gasteiger partial charge in [-0.3, -0.25) is 4.79 Å². The Kier molecular flexibility index (Phi) is 4.45. The lowest BCUT2D eigenvalue weighted by molar-refractivity contribution is 0.112. The highest BCUT2D eigenvalue weighted by Crippen LogP contribution is 2.29. The van der Waals surface area contributed by atoms with Crippen LogP contribution in [0.3, 0.4) is 0 Å². The summed E-state index contributed by atoms with van der Waals surface area (Å²) in [6.07, 6.45) is 1.47. The first kappa shape index (κ1) is 14.6. The molecule has 106 valence electrons. The number of halogens is 1. The average Bonchev–Trinajstić information content (AvgIpc) is 2.74. The maximum Gasteiger partial charge on any atom is 0.155 e. The molecule has 0 saturated heterocycles. The van der Waals surface area contributed by atoms with Crippen molar-refractivity contribution in [2.75, 3.05) is 7.11 Å². The highest BCUT2D eigenvalue weighted by Gasteiger charge is 2.19. The van der Waals surface area contributed by atoms with Gasteiger partial charge in [0.05, 0.1) is 18.4 Å². The van der Waals surface area contributed by atoms with Gasteiger partial charge in [0.25, 0.3) is 0 Å². The molecule has 0 bridgehead atoms. The number of nitrogens with zero attached hydrogens (tertiary/aromatic N) is 2. The Labute approximate surface area is 123 Å². The SMILES string of the molecule is COc1ccccc1-n1nc(CC(C)C)c(C=O)c1Cl. The molecule has 0 spiro atoms. The van der Waals surface area contributed by atoms with Gasteiger partial charge in [0.2, 0.25) is 0 Å². The summed E-state index contributed by atoms with van der Waals surface area (Å²) in [7, 11) is 1.59. The standard InChI is InChI=1S/C15H17ClN2O2/c1-10(2)8-12-11(9-19)15(16)18(17-12)13-6-4-5-7-14(13)20-3/h4-7,9-10H,8H2,1-3H3. The minimum atomic E-state index is 0.320. The van der Waals surface area contributed by atoms with Crippen molar-refractivity contribution in [1.29, 1.82) is 0 Å². The summed E-state index contributed by atoms with van der Waals surface area (Å²) in [4.78, 5) is 11.3. The molecular weight excluding hydrogens is 276 g/mol. The highest BCUT2D eigenvalue weighted by molar-refractivity contribution is 6.32. The van der Waals surface area contributed by atoms with E-state index in [4.69, 9.17) is 16.3 Å². The van der Waals surface area contributed by atoms with Crippen molar-refractivity contribution in [2.45, 2.75) is 20.3 Å². The fourth-order valence-corrected chi connectivity index (χ4v) is 2.35. The molecule has 0 aliphatic heterocycles. The molecule has 1 heterocycles. The molecule has 1 aromatic heterocycles. The van der Waals surface area contributed by atoms with Gasteiger partial charge in [0.1, 0.15) is 16.6 Å². The Hall–Kier alpha value is -1.81. The molecule has 1 aromatic carbocycles. The molecule has 0 amide bonds. The van der Waals surface area contributed by atoms with Crippen LogP contribution < -0.4 is 4.74 Å². The molecule has 2 aromatic rings. The van der Waals surface area contributed by atoms with Crippen molar-refractivity contribution in [2.24, 2.45) is 5.92 Å². The summed E-state index contributed by atoms with van der Waals surface area (Å²) in [5.41, 5.74) is 1.88. The number of benzene rings is 1. The molecule has 0 aliphatic carbocycles. The Bertz CT molecular complexity index is 620. The van der Waals surface area contributed by atoms with Crippen LogP contribution in [-0.2, 0) is 6.42 Å². The first-order valence-electron chi connectivity index (χ1n) is 6.44. The number of hydrogen-bond donors (Lipinski definition) is 0. The van der Waals surface area contributed by atoms with E-state index in [1.165, 1.54) is 0 Å². The van der Waals surface area contributed by atoms with Crippen LogP contribution in [0.4, 0.5) is 0 Å². The fourth-order valence-electron chi connectivity index (χ4n) is 2.07. The minimum absolute atomic E-state index is 0.320.